The lowest BCUT2D eigenvalue weighted by Gasteiger charge is -2.24. The molecule has 0 heterocycles. The number of unbranched alkanes of at least 4 members (excludes halogenated alkanes) is 1. The molecule has 0 radical (unpaired) electrons. The van der Waals surface area contributed by atoms with E-state index < -0.39 is 34.5 Å². The van der Waals surface area contributed by atoms with Crippen LogP contribution in [0.4, 0.5) is 10.5 Å². The van der Waals surface area contributed by atoms with E-state index in [1.165, 1.54) is 0 Å². The first-order chi connectivity index (χ1) is 13.0. The average molecular weight is 397 g/mol. The quantitative estimate of drug-likeness (QED) is 0.313. The van der Waals surface area contributed by atoms with Crippen LogP contribution in [0.1, 0.15) is 60.8 Å². The van der Waals surface area contributed by atoms with Crippen LogP contribution in [0.3, 0.4) is 0 Å². The summed E-state index contributed by atoms with van der Waals surface area (Å²) < 4.78 is 10.5. The van der Waals surface area contributed by atoms with Crippen LogP contribution in [0, 0.1) is 5.92 Å². The van der Waals surface area contributed by atoms with Crippen LogP contribution in [0.5, 0.6) is 5.75 Å². The highest BCUT2D eigenvalue weighted by atomic mass is 16.6. The van der Waals surface area contributed by atoms with Crippen LogP contribution in [-0.4, -0.2) is 30.3 Å². The van der Waals surface area contributed by atoms with Gasteiger partial charge in [-0.2, -0.15) is 0 Å². The number of anilines is 1. The highest BCUT2D eigenvalue weighted by Crippen LogP contribution is 2.17. The van der Waals surface area contributed by atoms with Gasteiger partial charge in [-0.1, -0.05) is 27.2 Å². The number of ether oxygens (including phenoxy) is 2. The summed E-state index contributed by atoms with van der Waals surface area (Å²) in [7, 11) is 0. The van der Waals surface area contributed by atoms with E-state index in [0.717, 1.165) is 12.8 Å². The second-order valence-corrected chi connectivity index (χ2v) is 8.01. The van der Waals surface area contributed by atoms with Crippen molar-refractivity contribution in [1.29, 1.82) is 0 Å². The van der Waals surface area contributed by atoms with Gasteiger partial charge in [0.15, 0.2) is 11.4 Å². The highest BCUT2D eigenvalue weighted by Gasteiger charge is 2.27. The first-order valence-corrected chi connectivity index (χ1v) is 9.47. The van der Waals surface area contributed by atoms with Crippen LogP contribution in [0.2, 0.25) is 0 Å². The van der Waals surface area contributed by atoms with Gasteiger partial charge in [0.05, 0.1) is 6.61 Å². The minimum absolute atomic E-state index is 0.0840. The van der Waals surface area contributed by atoms with Gasteiger partial charge in [-0.3, -0.25) is 25.2 Å². The summed E-state index contributed by atoms with van der Waals surface area (Å²) in [5.41, 5.74) is 2.54. The number of amides is 2. The number of alkyl carbamates (subject to hydrolysis) is 1. The predicted octanol–water partition coefficient (Wildman–Crippen LogP) is 1.84. The fourth-order valence-corrected chi connectivity index (χ4v) is 2.30. The normalized spacial score (nSPS) is 12.5. The summed E-state index contributed by atoms with van der Waals surface area (Å²) in [6.07, 6.45) is 1.26. The number of rotatable bonds is 10. The number of hydrogen-bond donors (Lipinski definition) is 3. The van der Waals surface area contributed by atoms with Crippen molar-refractivity contribution in [2.75, 3.05) is 12.0 Å². The lowest BCUT2D eigenvalue weighted by Crippen LogP contribution is -2.51. The summed E-state index contributed by atoms with van der Waals surface area (Å²) >= 11 is 0. The van der Waals surface area contributed by atoms with Gasteiger partial charge in [0.1, 0.15) is 11.6 Å². The van der Waals surface area contributed by atoms with Crippen LogP contribution >= 0.6 is 0 Å². The molecule has 9 heteroatoms. The molecule has 0 spiro atoms. The molecule has 0 aliphatic rings. The van der Waals surface area contributed by atoms with Crippen LogP contribution < -0.4 is 31.8 Å². The average Bonchev–Trinajstić information content (AvgIpc) is 2.57. The Morgan fingerprint density at radius 2 is 1.75 bits per heavy atom. The standard InChI is InChI=1S/C19H31N3O6/c1-7-8-9-27-16-13(14(23)15(16)24)21-22-17(25)12(10-11(2)3)20-18(26)28-19(4,5)6/h11-12,21H,7-10H2,1-6H3,(H,20,26)(H,22,25)/t12-/m0/s1. The monoisotopic (exact) mass is 397 g/mol. The zero-order chi connectivity index (χ0) is 21.5. The number of hydrazine groups is 1. The van der Waals surface area contributed by atoms with Crippen molar-refractivity contribution in [3.05, 3.63) is 20.4 Å². The first kappa shape index (κ1) is 23.5. The molecule has 0 aliphatic carbocycles. The molecule has 0 fully saturated rings. The minimum atomic E-state index is -0.877. The molecule has 1 atom stereocenters. The fraction of sp³-hybridized carbons (Fsp3) is 0.684. The minimum Gasteiger partial charge on any atom is -0.487 e. The van der Waals surface area contributed by atoms with Crippen LogP contribution in [0.25, 0.3) is 0 Å². The molecule has 0 bridgehead atoms. The fourth-order valence-electron chi connectivity index (χ4n) is 2.30. The smallest absolute Gasteiger partial charge is 0.408 e. The predicted molar refractivity (Wildman–Crippen MR) is 106 cm³/mol. The van der Waals surface area contributed by atoms with Crippen molar-refractivity contribution < 1.29 is 19.1 Å². The third-order valence-corrected chi connectivity index (χ3v) is 3.64. The number of nitrogens with one attached hydrogen (secondary N) is 3. The zero-order valence-electron chi connectivity index (χ0n) is 17.4. The van der Waals surface area contributed by atoms with Gasteiger partial charge in [-0.25, -0.2) is 4.79 Å². The molecule has 158 valence electrons. The Kier molecular flexibility index (Phi) is 8.46. The lowest BCUT2D eigenvalue weighted by molar-refractivity contribution is -0.123. The van der Waals surface area contributed by atoms with Crippen LogP contribution in [-0.2, 0) is 9.53 Å². The first-order valence-electron chi connectivity index (χ1n) is 9.47. The third kappa shape index (κ3) is 7.21. The summed E-state index contributed by atoms with van der Waals surface area (Å²) in [6, 6.07) is -0.877. The molecular formula is C19H31N3O6. The topological polar surface area (TPSA) is 123 Å². The Labute approximate surface area is 164 Å². The largest absolute Gasteiger partial charge is 0.487 e. The molecule has 0 unspecified atom stereocenters. The molecule has 0 saturated heterocycles. The van der Waals surface area contributed by atoms with E-state index >= 15 is 0 Å². The second kappa shape index (κ2) is 10.1. The number of hydrogen-bond acceptors (Lipinski definition) is 7. The molecule has 1 aromatic carbocycles. The molecule has 1 aromatic rings. The molecule has 9 nitrogen and oxygen atoms in total. The molecule has 0 aliphatic heterocycles. The maximum Gasteiger partial charge on any atom is 0.408 e. The van der Waals surface area contributed by atoms with Gasteiger partial charge in [0, 0.05) is 0 Å². The van der Waals surface area contributed by atoms with Gasteiger partial charge in [0.2, 0.25) is 0 Å². The maximum absolute atomic E-state index is 12.5. The maximum atomic E-state index is 12.5. The van der Waals surface area contributed by atoms with E-state index in [4.69, 9.17) is 9.47 Å². The summed E-state index contributed by atoms with van der Waals surface area (Å²) in [5, 5.41) is 2.53. The van der Waals surface area contributed by atoms with E-state index in [-0.39, 0.29) is 17.4 Å². The van der Waals surface area contributed by atoms with Gasteiger partial charge in [-0.05, 0) is 39.5 Å². The number of carbonyl (C=O) groups excluding carboxylic acids is 2. The third-order valence-electron chi connectivity index (χ3n) is 3.64. The Balaban J connectivity index is 2.73. The Bertz CT molecular complexity index is 744. The Hall–Kier alpha value is -2.58. The molecular weight excluding hydrogens is 366 g/mol. The van der Waals surface area contributed by atoms with Crippen molar-refractivity contribution in [3.63, 3.8) is 0 Å². The Morgan fingerprint density at radius 3 is 2.29 bits per heavy atom. The summed E-state index contributed by atoms with van der Waals surface area (Å²) in [6.45, 7) is 11.2. The molecule has 2 amide bonds. The van der Waals surface area contributed by atoms with Crippen LogP contribution in [0.15, 0.2) is 9.59 Å². The lowest BCUT2D eigenvalue weighted by atomic mass is 10.0. The summed E-state index contributed by atoms with van der Waals surface area (Å²) in [5.74, 6) is -0.531. The molecule has 1 rings (SSSR count). The van der Waals surface area contributed by atoms with Gasteiger partial charge in [0.25, 0.3) is 16.8 Å². The molecule has 0 saturated carbocycles. The Morgan fingerprint density at radius 1 is 1.11 bits per heavy atom. The second-order valence-electron chi connectivity index (χ2n) is 8.01. The molecule has 3 N–H and O–H groups in total. The molecule has 0 aromatic heterocycles. The van der Waals surface area contributed by atoms with Gasteiger partial charge >= 0.3 is 6.09 Å². The van der Waals surface area contributed by atoms with E-state index in [1.807, 2.05) is 20.8 Å². The van der Waals surface area contributed by atoms with E-state index in [2.05, 4.69) is 16.2 Å². The number of carbonyl (C=O) groups is 2. The van der Waals surface area contributed by atoms with E-state index in [0.29, 0.717) is 13.0 Å². The van der Waals surface area contributed by atoms with Crippen molar-refractivity contribution in [2.45, 2.75) is 72.4 Å². The van der Waals surface area contributed by atoms with E-state index in [1.54, 1.807) is 20.8 Å². The summed E-state index contributed by atoms with van der Waals surface area (Å²) in [4.78, 5) is 47.8. The highest BCUT2D eigenvalue weighted by molar-refractivity contribution is 5.86. The van der Waals surface area contributed by atoms with Crippen molar-refractivity contribution >= 4 is 17.7 Å². The van der Waals surface area contributed by atoms with Crippen molar-refractivity contribution in [3.8, 4) is 5.75 Å². The SMILES string of the molecule is CCCCOc1c(NNC(=O)[C@H](CC(C)C)NC(=O)OC(C)(C)C)c(=O)c1=O. The van der Waals surface area contributed by atoms with Crippen molar-refractivity contribution in [1.82, 2.24) is 10.7 Å². The van der Waals surface area contributed by atoms with Gasteiger partial charge in [-0.15, -0.1) is 0 Å². The van der Waals surface area contributed by atoms with E-state index in [9.17, 15) is 19.2 Å². The molecule has 28 heavy (non-hydrogen) atoms. The van der Waals surface area contributed by atoms with Gasteiger partial charge < -0.3 is 14.8 Å². The zero-order valence-corrected chi connectivity index (χ0v) is 17.4. The van der Waals surface area contributed by atoms with Crippen molar-refractivity contribution in [2.24, 2.45) is 5.92 Å².